The lowest BCUT2D eigenvalue weighted by molar-refractivity contribution is 0.130. The van der Waals surface area contributed by atoms with Gasteiger partial charge in [-0.1, -0.05) is 59.9 Å². The van der Waals surface area contributed by atoms with Crippen LogP contribution in [-0.4, -0.2) is 10.7 Å². The summed E-state index contributed by atoms with van der Waals surface area (Å²) >= 11 is 3.07. The van der Waals surface area contributed by atoms with E-state index in [1.807, 2.05) is 93.6 Å². The first kappa shape index (κ1) is 18.7. The van der Waals surface area contributed by atoms with Crippen LogP contribution in [0.1, 0.15) is 20.8 Å². The number of aromatic hydroxyl groups is 1. The van der Waals surface area contributed by atoms with Gasteiger partial charge in [0.25, 0.3) is 0 Å². The predicted octanol–water partition coefficient (Wildman–Crippen LogP) is 6.87. The summed E-state index contributed by atoms with van der Waals surface area (Å²) in [6, 6.07) is 23.9. The molecule has 0 aromatic heterocycles. The second-order valence-electron chi connectivity index (χ2n) is 6.81. The molecule has 0 fully saturated rings. The van der Waals surface area contributed by atoms with E-state index in [0.717, 1.165) is 25.3 Å². The van der Waals surface area contributed by atoms with Crippen LogP contribution in [0.4, 0.5) is 0 Å². The van der Waals surface area contributed by atoms with E-state index in [1.54, 1.807) is 0 Å². The Bertz CT molecular complexity index is 794. The molecule has 0 aliphatic carbocycles. The number of phenolic OH excluding ortho intramolecular Hbond substituents is 1. The first-order valence-electron chi connectivity index (χ1n) is 8.42. The van der Waals surface area contributed by atoms with Crippen LogP contribution in [0, 0.1) is 0 Å². The zero-order valence-electron chi connectivity index (χ0n) is 15.1. The second kappa shape index (κ2) is 8.11. The monoisotopic (exact) mass is 382 g/mol. The van der Waals surface area contributed by atoms with Gasteiger partial charge in [-0.3, -0.25) is 0 Å². The maximum Gasteiger partial charge on any atom is 0.143 e. The van der Waals surface area contributed by atoms with E-state index >= 15 is 0 Å². The lowest BCUT2D eigenvalue weighted by Crippen LogP contribution is -2.22. The first-order chi connectivity index (χ1) is 12.4. The molecule has 0 unspecified atom stereocenters. The predicted molar refractivity (Wildman–Crippen MR) is 110 cm³/mol. The Balaban J connectivity index is 1.98. The van der Waals surface area contributed by atoms with Gasteiger partial charge >= 0.3 is 0 Å². The number of ether oxygens (including phenoxy) is 1. The molecule has 0 saturated heterocycles. The van der Waals surface area contributed by atoms with Crippen molar-refractivity contribution in [2.24, 2.45) is 0 Å². The summed E-state index contributed by atoms with van der Waals surface area (Å²) in [4.78, 5) is 3.73. The lowest BCUT2D eigenvalue weighted by atomic mass is 10.2. The van der Waals surface area contributed by atoms with Crippen LogP contribution in [0.2, 0.25) is 0 Å². The minimum atomic E-state index is -0.305. The van der Waals surface area contributed by atoms with Gasteiger partial charge in [0.15, 0.2) is 0 Å². The van der Waals surface area contributed by atoms with Crippen molar-refractivity contribution in [2.45, 2.75) is 46.0 Å². The van der Waals surface area contributed by atoms with Crippen LogP contribution in [0.5, 0.6) is 11.5 Å². The summed E-state index contributed by atoms with van der Waals surface area (Å²) in [6.07, 6.45) is 0. The quantitative estimate of drug-likeness (QED) is 0.521. The number of hydrogen-bond donors (Lipinski definition) is 1. The number of benzene rings is 3. The van der Waals surface area contributed by atoms with Crippen molar-refractivity contribution >= 4 is 23.5 Å². The van der Waals surface area contributed by atoms with Crippen LogP contribution in [0.15, 0.2) is 92.4 Å². The Hall–Kier alpha value is -2.04. The van der Waals surface area contributed by atoms with Gasteiger partial charge in [0, 0.05) is 9.79 Å². The van der Waals surface area contributed by atoms with E-state index in [-0.39, 0.29) is 11.4 Å². The molecular formula is C22H22O2S2. The van der Waals surface area contributed by atoms with Crippen LogP contribution < -0.4 is 4.74 Å². The van der Waals surface area contributed by atoms with Crippen molar-refractivity contribution in [2.75, 3.05) is 0 Å². The summed E-state index contributed by atoms with van der Waals surface area (Å²) in [6.45, 7) is 6.07. The van der Waals surface area contributed by atoms with Crippen LogP contribution in [0.25, 0.3) is 0 Å². The smallest absolute Gasteiger partial charge is 0.143 e. The van der Waals surface area contributed by atoms with Crippen LogP contribution in [-0.2, 0) is 0 Å². The van der Waals surface area contributed by atoms with E-state index in [9.17, 15) is 5.11 Å². The average molecular weight is 383 g/mol. The third kappa shape index (κ3) is 5.23. The SMILES string of the molecule is CC(C)(C)Oc1cc(Sc2ccccc2)c(O)c(Sc2ccccc2)c1. The molecule has 1 N–H and O–H groups in total. The van der Waals surface area contributed by atoms with Crippen LogP contribution >= 0.6 is 23.5 Å². The molecule has 4 heteroatoms. The summed E-state index contributed by atoms with van der Waals surface area (Å²) in [5.74, 6) is 1.04. The highest BCUT2D eigenvalue weighted by atomic mass is 32.2. The van der Waals surface area contributed by atoms with Gasteiger partial charge in [-0.15, -0.1) is 0 Å². The molecule has 0 bridgehead atoms. The molecule has 0 heterocycles. The lowest BCUT2D eigenvalue weighted by Gasteiger charge is -2.22. The van der Waals surface area contributed by atoms with Crippen molar-refractivity contribution in [3.05, 3.63) is 72.8 Å². The van der Waals surface area contributed by atoms with Gasteiger partial charge < -0.3 is 9.84 Å². The Morgan fingerprint density at radius 1 is 0.731 bits per heavy atom. The largest absolute Gasteiger partial charge is 0.506 e. The van der Waals surface area contributed by atoms with Crippen molar-refractivity contribution in [1.29, 1.82) is 0 Å². The molecule has 0 radical (unpaired) electrons. The summed E-state index contributed by atoms with van der Waals surface area (Å²) in [5, 5.41) is 10.8. The molecule has 0 aliphatic rings. The van der Waals surface area contributed by atoms with E-state index < -0.39 is 0 Å². The summed E-state index contributed by atoms with van der Waals surface area (Å²) in [5.41, 5.74) is -0.305. The Kier molecular flexibility index (Phi) is 5.84. The molecule has 0 aliphatic heterocycles. The summed E-state index contributed by atoms with van der Waals surface area (Å²) in [7, 11) is 0. The standard InChI is InChI=1S/C22H22O2S2/c1-22(2,3)24-16-14-19(25-17-10-6-4-7-11-17)21(23)20(15-16)26-18-12-8-5-9-13-18/h4-15,23H,1-3H3. The molecule has 3 aromatic rings. The van der Waals surface area contributed by atoms with Crippen molar-refractivity contribution < 1.29 is 9.84 Å². The van der Waals surface area contributed by atoms with E-state index in [4.69, 9.17) is 4.74 Å². The third-order valence-corrected chi connectivity index (χ3v) is 5.46. The van der Waals surface area contributed by atoms with Crippen molar-refractivity contribution in [3.63, 3.8) is 0 Å². The Morgan fingerprint density at radius 3 is 1.54 bits per heavy atom. The molecule has 26 heavy (non-hydrogen) atoms. The normalized spacial score (nSPS) is 11.3. The van der Waals surface area contributed by atoms with Gasteiger partial charge in [-0.05, 0) is 57.2 Å². The molecule has 3 rings (SSSR count). The molecule has 0 amide bonds. The Morgan fingerprint density at radius 2 is 1.15 bits per heavy atom. The van der Waals surface area contributed by atoms with E-state index in [2.05, 4.69) is 0 Å². The number of hydrogen-bond acceptors (Lipinski definition) is 4. The first-order valence-corrected chi connectivity index (χ1v) is 10.1. The van der Waals surface area contributed by atoms with Crippen molar-refractivity contribution in [1.82, 2.24) is 0 Å². The van der Waals surface area contributed by atoms with Gasteiger partial charge in [0.1, 0.15) is 17.1 Å². The Labute approximate surface area is 163 Å². The molecule has 0 spiro atoms. The highest BCUT2D eigenvalue weighted by Crippen LogP contribution is 2.45. The molecule has 3 aromatic carbocycles. The molecule has 134 valence electrons. The zero-order valence-corrected chi connectivity index (χ0v) is 16.7. The molecule has 0 atom stereocenters. The van der Waals surface area contributed by atoms with Gasteiger partial charge in [-0.25, -0.2) is 0 Å². The maximum absolute atomic E-state index is 10.8. The average Bonchev–Trinajstić information content (AvgIpc) is 2.59. The van der Waals surface area contributed by atoms with E-state index in [1.165, 1.54) is 23.5 Å². The molecule has 0 saturated carbocycles. The number of phenols is 1. The fourth-order valence-corrected chi connectivity index (χ4v) is 4.28. The fourth-order valence-electron chi connectivity index (χ4n) is 2.36. The van der Waals surface area contributed by atoms with Gasteiger partial charge in [-0.2, -0.15) is 0 Å². The highest BCUT2D eigenvalue weighted by molar-refractivity contribution is 8.00. The van der Waals surface area contributed by atoms with Crippen molar-refractivity contribution in [3.8, 4) is 11.5 Å². The second-order valence-corrected chi connectivity index (χ2v) is 9.04. The summed E-state index contributed by atoms with van der Waals surface area (Å²) < 4.78 is 6.08. The van der Waals surface area contributed by atoms with Gasteiger partial charge in [0.05, 0.1) is 9.79 Å². The number of rotatable bonds is 5. The highest BCUT2D eigenvalue weighted by Gasteiger charge is 2.17. The molecular weight excluding hydrogens is 360 g/mol. The minimum absolute atomic E-state index is 0.286. The van der Waals surface area contributed by atoms with Crippen LogP contribution in [0.3, 0.4) is 0 Å². The van der Waals surface area contributed by atoms with E-state index in [0.29, 0.717) is 0 Å². The van der Waals surface area contributed by atoms with Gasteiger partial charge in [0.2, 0.25) is 0 Å². The topological polar surface area (TPSA) is 29.5 Å². The third-order valence-electron chi connectivity index (χ3n) is 3.38. The minimum Gasteiger partial charge on any atom is -0.506 e. The molecule has 2 nitrogen and oxygen atoms in total. The fraction of sp³-hybridized carbons (Fsp3) is 0.182. The zero-order chi connectivity index (χ0) is 18.6. The maximum atomic E-state index is 10.8.